The molecule has 1 aromatic rings. The Hall–Kier alpha value is -2.61. The third kappa shape index (κ3) is 6.42. The van der Waals surface area contributed by atoms with Crippen molar-refractivity contribution in [3.8, 4) is 5.75 Å². The highest BCUT2D eigenvalue weighted by molar-refractivity contribution is 5.91. The minimum atomic E-state index is -1.15. The molecule has 0 aliphatic rings. The highest BCUT2D eigenvalue weighted by Crippen LogP contribution is 2.12. The Balaban J connectivity index is 2.95. The maximum atomic E-state index is 12.5. The van der Waals surface area contributed by atoms with Crippen LogP contribution in [0.4, 0.5) is 0 Å². The monoisotopic (exact) mass is 351 g/mol. The van der Waals surface area contributed by atoms with Crippen molar-refractivity contribution >= 4 is 17.8 Å². The number of aromatic hydroxyl groups is 1. The van der Waals surface area contributed by atoms with Crippen LogP contribution in [-0.4, -0.2) is 46.1 Å². The lowest BCUT2D eigenvalue weighted by Gasteiger charge is -2.24. The fourth-order valence-electron chi connectivity index (χ4n) is 2.15. The predicted molar refractivity (Wildman–Crippen MR) is 91.8 cm³/mol. The number of benzene rings is 1. The minimum absolute atomic E-state index is 0.0788. The van der Waals surface area contributed by atoms with E-state index in [2.05, 4.69) is 10.6 Å². The summed E-state index contributed by atoms with van der Waals surface area (Å²) in [6, 6.07) is 3.30. The van der Waals surface area contributed by atoms with E-state index in [9.17, 15) is 24.6 Å². The molecule has 0 aliphatic heterocycles. The number of hydrogen-bond acceptors (Lipinski definition) is 5. The zero-order valence-corrected chi connectivity index (χ0v) is 14.5. The summed E-state index contributed by atoms with van der Waals surface area (Å²) < 4.78 is 0. The molecular weight excluding hydrogens is 326 g/mol. The highest BCUT2D eigenvalue weighted by atomic mass is 16.4. The van der Waals surface area contributed by atoms with Crippen molar-refractivity contribution < 1.29 is 24.6 Å². The molecule has 0 saturated carbocycles. The second-order valence-electron chi connectivity index (χ2n) is 6.29. The molecule has 0 bridgehead atoms. The number of rotatable bonds is 8. The number of carbonyl (C=O) groups is 3. The maximum absolute atomic E-state index is 12.5. The summed E-state index contributed by atoms with van der Waals surface area (Å²) in [6.45, 7) is 4.84. The molecule has 138 valence electrons. The Morgan fingerprint density at radius 1 is 1.04 bits per heavy atom. The van der Waals surface area contributed by atoms with Gasteiger partial charge < -0.3 is 26.6 Å². The van der Waals surface area contributed by atoms with Gasteiger partial charge >= 0.3 is 5.97 Å². The van der Waals surface area contributed by atoms with Gasteiger partial charge in [-0.25, -0.2) is 4.79 Å². The molecule has 8 heteroatoms. The van der Waals surface area contributed by atoms with Crippen molar-refractivity contribution in [3.05, 3.63) is 29.8 Å². The number of phenols is 1. The lowest BCUT2D eigenvalue weighted by atomic mass is 10.0. The lowest BCUT2D eigenvalue weighted by Crippen LogP contribution is -2.55. The van der Waals surface area contributed by atoms with Crippen LogP contribution in [0.2, 0.25) is 0 Å². The number of aliphatic carboxylic acids is 1. The van der Waals surface area contributed by atoms with Crippen molar-refractivity contribution in [2.75, 3.05) is 0 Å². The van der Waals surface area contributed by atoms with E-state index < -0.39 is 35.9 Å². The first kappa shape index (κ1) is 20.4. The summed E-state index contributed by atoms with van der Waals surface area (Å²) in [4.78, 5) is 35.7. The van der Waals surface area contributed by atoms with Gasteiger partial charge in [-0.3, -0.25) is 9.59 Å². The lowest BCUT2D eigenvalue weighted by molar-refractivity contribution is -0.143. The fourth-order valence-corrected chi connectivity index (χ4v) is 2.15. The van der Waals surface area contributed by atoms with Crippen LogP contribution in [0.15, 0.2) is 24.3 Å². The van der Waals surface area contributed by atoms with Crippen molar-refractivity contribution in [1.82, 2.24) is 10.6 Å². The van der Waals surface area contributed by atoms with Crippen molar-refractivity contribution in [3.63, 3.8) is 0 Å². The number of carboxylic acids is 1. The summed E-state index contributed by atoms with van der Waals surface area (Å²) >= 11 is 0. The molecular formula is C17H25N3O5. The summed E-state index contributed by atoms with van der Waals surface area (Å²) in [5.41, 5.74) is 6.22. The van der Waals surface area contributed by atoms with Crippen LogP contribution in [0.5, 0.6) is 5.75 Å². The number of phenolic OH excluding ortho intramolecular Hbond substituents is 1. The van der Waals surface area contributed by atoms with Gasteiger partial charge in [-0.1, -0.05) is 26.0 Å². The molecule has 0 fully saturated rings. The Morgan fingerprint density at radius 2 is 1.60 bits per heavy atom. The number of hydrogen-bond donors (Lipinski definition) is 5. The van der Waals surface area contributed by atoms with Gasteiger partial charge in [0.25, 0.3) is 0 Å². The van der Waals surface area contributed by atoms with Gasteiger partial charge in [0.15, 0.2) is 0 Å². The first-order chi connectivity index (χ1) is 11.6. The molecule has 8 nitrogen and oxygen atoms in total. The molecule has 6 N–H and O–H groups in total. The van der Waals surface area contributed by atoms with Gasteiger partial charge in [-0.2, -0.15) is 0 Å². The summed E-state index contributed by atoms with van der Waals surface area (Å²) in [5, 5.41) is 23.5. The SMILES string of the molecule is CC(C)[C@H](NC(=O)[C@H](Cc1ccc(O)cc1)NC(=O)[C@H](C)N)C(=O)O. The van der Waals surface area contributed by atoms with Crippen molar-refractivity contribution in [2.24, 2.45) is 11.7 Å². The van der Waals surface area contributed by atoms with Crippen molar-refractivity contribution in [1.29, 1.82) is 0 Å². The van der Waals surface area contributed by atoms with E-state index in [0.717, 1.165) is 0 Å². The van der Waals surface area contributed by atoms with E-state index >= 15 is 0 Å². The van der Waals surface area contributed by atoms with E-state index in [1.807, 2.05) is 0 Å². The van der Waals surface area contributed by atoms with Crippen LogP contribution >= 0.6 is 0 Å². The standard InChI is InChI=1S/C17H25N3O5/c1-9(2)14(17(24)25)20-16(23)13(19-15(22)10(3)18)8-11-4-6-12(21)7-5-11/h4-7,9-10,13-14,21H,8,18H2,1-3H3,(H,19,22)(H,20,23)(H,24,25)/t10-,13-,14-/m0/s1. The summed E-state index contributed by atoms with van der Waals surface area (Å²) in [5.74, 6) is -2.51. The third-order valence-electron chi connectivity index (χ3n) is 3.65. The Labute approximate surface area is 146 Å². The van der Waals surface area contributed by atoms with Gasteiger partial charge in [0, 0.05) is 6.42 Å². The Bertz CT molecular complexity index is 613. The molecule has 0 heterocycles. The van der Waals surface area contributed by atoms with Crippen LogP contribution in [0, 0.1) is 5.92 Å². The predicted octanol–water partition coefficient (Wildman–Crippen LogP) is -0.00790. The number of amides is 2. The molecule has 3 atom stereocenters. The van der Waals surface area contributed by atoms with Gasteiger partial charge in [0.05, 0.1) is 6.04 Å². The van der Waals surface area contributed by atoms with E-state index in [0.29, 0.717) is 5.56 Å². The Morgan fingerprint density at radius 3 is 2.04 bits per heavy atom. The number of carboxylic acid groups (broad SMARTS) is 1. The van der Waals surface area contributed by atoms with Crippen LogP contribution in [0.3, 0.4) is 0 Å². The number of carbonyl (C=O) groups excluding carboxylic acids is 2. The molecule has 0 radical (unpaired) electrons. The second-order valence-corrected chi connectivity index (χ2v) is 6.29. The number of nitrogens with two attached hydrogens (primary N) is 1. The molecule has 1 aromatic carbocycles. The normalized spacial score (nSPS) is 14.4. The van der Waals surface area contributed by atoms with Gasteiger partial charge in [-0.05, 0) is 30.5 Å². The fraction of sp³-hybridized carbons (Fsp3) is 0.471. The van der Waals surface area contributed by atoms with E-state index in [-0.39, 0.29) is 18.1 Å². The Kier molecular flexibility index (Phi) is 7.38. The molecule has 0 saturated heterocycles. The molecule has 0 aliphatic carbocycles. The topological polar surface area (TPSA) is 142 Å². The van der Waals surface area contributed by atoms with E-state index in [4.69, 9.17) is 5.73 Å². The minimum Gasteiger partial charge on any atom is -0.508 e. The third-order valence-corrected chi connectivity index (χ3v) is 3.65. The van der Waals surface area contributed by atoms with E-state index in [1.54, 1.807) is 26.0 Å². The van der Waals surface area contributed by atoms with E-state index in [1.165, 1.54) is 19.1 Å². The van der Waals surface area contributed by atoms with Crippen LogP contribution in [-0.2, 0) is 20.8 Å². The van der Waals surface area contributed by atoms with Gasteiger partial charge in [0.2, 0.25) is 11.8 Å². The second kappa shape index (κ2) is 9.03. The quantitative estimate of drug-likeness (QED) is 0.446. The number of nitrogens with one attached hydrogen (secondary N) is 2. The largest absolute Gasteiger partial charge is 0.508 e. The highest BCUT2D eigenvalue weighted by Gasteiger charge is 2.29. The zero-order valence-electron chi connectivity index (χ0n) is 14.5. The maximum Gasteiger partial charge on any atom is 0.326 e. The average molecular weight is 351 g/mol. The first-order valence-electron chi connectivity index (χ1n) is 7.98. The van der Waals surface area contributed by atoms with Crippen LogP contribution in [0.1, 0.15) is 26.3 Å². The van der Waals surface area contributed by atoms with Gasteiger partial charge in [0.1, 0.15) is 17.8 Å². The summed E-state index contributed by atoms with van der Waals surface area (Å²) in [6.07, 6.45) is 0.134. The molecule has 0 spiro atoms. The smallest absolute Gasteiger partial charge is 0.326 e. The average Bonchev–Trinajstić information content (AvgIpc) is 2.52. The molecule has 25 heavy (non-hydrogen) atoms. The zero-order chi connectivity index (χ0) is 19.1. The molecule has 0 aromatic heterocycles. The molecule has 2 amide bonds. The molecule has 1 rings (SSSR count). The van der Waals surface area contributed by atoms with Crippen molar-refractivity contribution in [2.45, 2.75) is 45.3 Å². The van der Waals surface area contributed by atoms with Crippen LogP contribution < -0.4 is 16.4 Å². The molecule has 0 unspecified atom stereocenters. The summed E-state index contributed by atoms with van der Waals surface area (Å²) in [7, 11) is 0. The van der Waals surface area contributed by atoms with Gasteiger partial charge in [-0.15, -0.1) is 0 Å². The van der Waals surface area contributed by atoms with Crippen LogP contribution in [0.25, 0.3) is 0 Å². The first-order valence-corrected chi connectivity index (χ1v) is 7.98.